The predicted octanol–water partition coefficient (Wildman–Crippen LogP) is 3.31. The zero-order valence-electron chi connectivity index (χ0n) is 9.37. The molecule has 3 rings (SSSR count). The molecule has 1 saturated carbocycles. The van der Waals surface area contributed by atoms with Crippen LogP contribution in [0.5, 0.6) is 0 Å². The molecular weight excluding hydrogens is 198 g/mol. The Labute approximate surface area is 95.3 Å². The molecule has 1 aromatic carbocycles. The Hall–Kier alpha value is -1.51. The monoisotopic (exact) mass is 215 g/mol. The number of hydrogen-bond acceptors (Lipinski definition) is 2. The minimum Gasteiger partial charge on any atom is -0.353 e. The highest BCUT2D eigenvalue weighted by atomic mass is 15.1. The van der Waals surface area contributed by atoms with E-state index in [9.17, 15) is 0 Å². The van der Waals surface area contributed by atoms with E-state index in [0.717, 1.165) is 17.0 Å². The van der Waals surface area contributed by atoms with Crippen molar-refractivity contribution >= 4 is 17.0 Å². The Morgan fingerprint density at radius 1 is 1.12 bits per heavy atom. The van der Waals surface area contributed by atoms with Crippen LogP contribution in [0, 0.1) is 0 Å². The van der Waals surface area contributed by atoms with Crippen molar-refractivity contribution in [3.63, 3.8) is 0 Å². The largest absolute Gasteiger partial charge is 0.353 e. The second-order valence-electron chi connectivity index (χ2n) is 4.58. The van der Waals surface area contributed by atoms with Crippen molar-refractivity contribution in [2.24, 2.45) is 0 Å². The van der Waals surface area contributed by atoms with E-state index in [0.29, 0.717) is 6.04 Å². The van der Waals surface area contributed by atoms with Gasteiger partial charge in [0.25, 0.3) is 0 Å². The topological polar surface area (TPSA) is 40.7 Å². The number of fused-ring (bicyclic) bond motifs is 1. The number of nitrogens with zero attached hydrogens (tertiary/aromatic N) is 1. The van der Waals surface area contributed by atoms with E-state index in [-0.39, 0.29) is 0 Å². The summed E-state index contributed by atoms with van der Waals surface area (Å²) in [6.07, 6.45) is 6.63. The zero-order chi connectivity index (χ0) is 10.8. The highest BCUT2D eigenvalue weighted by Gasteiger charge is 2.14. The van der Waals surface area contributed by atoms with Crippen LogP contribution in [0.1, 0.15) is 32.1 Å². The van der Waals surface area contributed by atoms with Crippen LogP contribution in [0.25, 0.3) is 11.0 Å². The van der Waals surface area contributed by atoms with Gasteiger partial charge in [0, 0.05) is 6.04 Å². The summed E-state index contributed by atoms with van der Waals surface area (Å²) in [6.45, 7) is 0. The Morgan fingerprint density at radius 2 is 1.94 bits per heavy atom. The van der Waals surface area contributed by atoms with Crippen LogP contribution in [0.15, 0.2) is 24.3 Å². The summed E-state index contributed by atoms with van der Waals surface area (Å²) in [4.78, 5) is 7.86. The van der Waals surface area contributed by atoms with Gasteiger partial charge in [-0.25, -0.2) is 4.98 Å². The second-order valence-corrected chi connectivity index (χ2v) is 4.58. The Kier molecular flexibility index (Phi) is 2.52. The van der Waals surface area contributed by atoms with Gasteiger partial charge in [-0.05, 0) is 25.0 Å². The number of nitrogens with one attached hydrogen (secondary N) is 2. The average molecular weight is 215 g/mol. The van der Waals surface area contributed by atoms with Gasteiger partial charge in [-0.15, -0.1) is 0 Å². The SMILES string of the molecule is c1ccc2[nH]c(NC3CCCCC3)nc2c1. The maximum absolute atomic E-state index is 4.54. The maximum atomic E-state index is 4.54. The number of hydrogen-bond donors (Lipinski definition) is 2. The van der Waals surface area contributed by atoms with Crippen LogP contribution in [-0.4, -0.2) is 16.0 Å². The smallest absolute Gasteiger partial charge is 0.201 e. The molecule has 1 heterocycles. The fraction of sp³-hybridized carbons (Fsp3) is 0.462. The standard InChI is InChI=1S/C13H17N3/c1-2-6-10(7-3-1)14-13-15-11-8-4-5-9-12(11)16-13/h4-5,8-10H,1-3,6-7H2,(H2,14,15,16). The van der Waals surface area contributed by atoms with Crippen LogP contribution in [0.2, 0.25) is 0 Å². The number of aromatic nitrogens is 2. The average Bonchev–Trinajstić information content (AvgIpc) is 2.72. The minimum atomic E-state index is 0.606. The Balaban J connectivity index is 1.78. The first-order valence-corrected chi connectivity index (χ1v) is 6.13. The van der Waals surface area contributed by atoms with Crippen molar-refractivity contribution in [3.05, 3.63) is 24.3 Å². The molecule has 0 spiro atoms. The van der Waals surface area contributed by atoms with Gasteiger partial charge in [-0.2, -0.15) is 0 Å². The number of imidazole rings is 1. The number of H-pyrrole nitrogens is 1. The molecule has 0 radical (unpaired) electrons. The molecule has 0 bridgehead atoms. The molecule has 1 aliphatic rings. The molecule has 0 saturated heterocycles. The zero-order valence-corrected chi connectivity index (χ0v) is 9.37. The summed E-state index contributed by atoms with van der Waals surface area (Å²) < 4.78 is 0. The van der Waals surface area contributed by atoms with E-state index in [1.807, 2.05) is 18.2 Å². The van der Waals surface area contributed by atoms with Gasteiger partial charge >= 0.3 is 0 Å². The first-order chi connectivity index (χ1) is 7.92. The van der Waals surface area contributed by atoms with E-state index in [1.54, 1.807) is 0 Å². The lowest BCUT2D eigenvalue weighted by atomic mass is 9.96. The molecule has 2 N–H and O–H groups in total. The molecular formula is C13H17N3. The van der Waals surface area contributed by atoms with E-state index in [4.69, 9.17) is 0 Å². The summed E-state index contributed by atoms with van der Waals surface area (Å²) in [7, 11) is 0. The molecule has 2 aromatic rings. The molecule has 3 heteroatoms. The lowest BCUT2D eigenvalue weighted by Gasteiger charge is -2.22. The van der Waals surface area contributed by atoms with Gasteiger partial charge in [0.2, 0.25) is 5.95 Å². The van der Waals surface area contributed by atoms with Crippen LogP contribution in [0.4, 0.5) is 5.95 Å². The third-order valence-electron chi connectivity index (χ3n) is 3.34. The predicted molar refractivity (Wildman–Crippen MR) is 66.6 cm³/mol. The van der Waals surface area contributed by atoms with Crippen molar-refractivity contribution in [3.8, 4) is 0 Å². The van der Waals surface area contributed by atoms with Crippen LogP contribution in [0.3, 0.4) is 0 Å². The Morgan fingerprint density at radius 3 is 2.75 bits per heavy atom. The molecule has 1 aliphatic carbocycles. The highest BCUT2D eigenvalue weighted by molar-refractivity contribution is 5.77. The van der Waals surface area contributed by atoms with Crippen molar-refractivity contribution < 1.29 is 0 Å². The lowest BCUT2D eigenvalue weighted by Crippen LogP contribution is -2.22. The van der Waals surface area contributed by atoms with Crippen molar-refractivity contribution in [2.45, 2.75) is 38.1 Å². The molecule has 1 fully saturated rings. The number of rotatable bonds is 2. The second kappa shape index (κ2) is 4.16. The van der Waals surface area contributed by atoms with Crippen molar-refractivity contribution in [1.82, 2.24) is 9.97 Å². The number of anilines is 1. The first-order valence-electron chi connectivity index (χ1n) is 6.13. The van der Waals surface area contributed by atoms with Gasteiger partial charge in [-0.3, -0.25) is 0 Å². The van der Waals surface area contributed by atoms with Crippen molar-refractivity contribution in [2.75, 3.05) is 5.32 Å². The number of aromatic amines is 1. The molecule has 16 heavy (non-hydrogen) atoms. The van der Waals surface area contributed by atoms with Gasteiger partial charge in [0.05, 0.1) is 11.0 Å². The molecule has 1 aromatic heterocycles. The van der Waals surface area contributed by atoms with Gasteiger partial charge in [0.1, 0.15) is 0 Å². The number of para-hydroxylation sites is 2. The van der Waals surface area contributed by atoms with Crippen molar-refractivity contribution in [1.29, 1.82) is 0 Å². The maximum Gasteiger partial charge on any atom is 0.201 e. The summed E-state index contributed by atoms with van der Waals surface area (Å²) in [6, 6.07) is 8.76. The van der Waals surface area contributed by atoms with Crippen LogP contribution in [-0.2, 0) is 0 Å². The summed E-state index contributed by atoms with van der Waals surface area (Å²) in [5, 5.41) is 3.50. The third kappa shape index (κ3) is 1.90. The number of benzene rings is 1. The molecule has 3 nitrogen and oxygen atoms in total. The molecule has 0 unspecified atom stereocenters. The molecule has 84 valence electrons. The van der Waals surface area contributed by atoms with Crippen LogP contribution < -0.4 is 5.32 Å². The van der Waals surface area contributed by atoms with Crippen LogP contribution >= 0.6 is 0 Å². The summed E-state index contributed by atoms with van der Waals surface area (Å²) in [5.74, 6) is 0.924. The first kappa shape index (κ1) is 9.70. The fourth-order valence-electron chi connectivity index (χ4n) is 2.46. The van der Waals surface area contributed by atoms with Gasteiger partial charge in [-0.1, -0.05) is 31.4 Å². The minimum absolute atomic E-state index is 0.606. The highest BCUT2D eigenvalue weighted by Crippen LogP contribution is 2.21. The summed E-state index contributed by atoms with van der Waals surface area (Å²) in [5.41, 5.74) is 2.15. The fourth-order valence-corrected chi connectivity index (χ4v) is 2.46. The molecule has 0 amide bonds. The normalized spacial score (nSPS) is 17.8. The third-order valence-corrected chi connectivity index (χ3v) is 3.34. The van der Waals surface area contributed by atoms with E-state index in [1.165, 1.54) is 32.1 Å². The quantitative estimate of drug-likeness (QED) is 0.807. The van der Waals surface area contributed by atoms with Gasteiger partial charge in [0.15, 0.2) is 0 Å². The van der Waals surface area contributed by atoms with E-state index < -0.39 is 0 Å². The van der Waals surface area contributed by atoms with Gasteiger partial charge < -0.3 is 10.3 Å². The molecule has 0 atom stereocenters. The van der Waals surface area contributed by atoms with E-state index in [2.05, 4.69) is 21.4 Å². The molecule has 0 aliphatic heterocycles. The summed E-state index contributed by atoms with van der Waals surface area (Å²) >= 11 is 0. The Bertz CT molecular complexity index is 436. The lowest BCUT2D eigenvalue weighted by molar-refractivity contribution is 0.461. The van der Waals surface area contributed by atoms with E-state index >= 15 is 0 Å².